The highest BCUT2D eigenvalue weighted by Crippen LogP contribution is 2.38. The van der Waals surface area contributed by atoms with Crippen LogP contribution in [0.1, 0.15) is 75.4 Å². The van der Waals surface area contributed by atoms with Gasteiger partial charge in [0.15, 0.2) is 0 Å². The first-order valence-corrected chi connectivity index (χ1v) is 9.16. The van der Waals surface area contributed by atoms with Crippen LogP contribution in [-0.2, 0) is 4.79 Å². The molecular weight excluding hydrogens is 284 g/mol. The SMILES string of the molecule is O=C(O)CSc1cc(C2CCCC2)nn1C1CCCCC1. The Hall–Kier alpha value is -0.970. The minimum absolute atomic E-state index is 0.127. The summed E-state index contributed by atoms with van der Waals surface area (Å²) in [5.41, 5.74) is 1.20. The summed E-state index contributed by atoms with van der Waals surface area (Å²) in [7, 11) is 0. The van der Waals surface area contributed by atoms with Crippen LogP contribution < -0.4 is 0 Å². The van der Waals surface area contributed by atoms with Crippen molar-refractivity contribution in [3.05, 3.63) is 11.8 Å². The van der Waals surface area contributed by atoms with Gasteiger partial charge in [-0.2, -0.15) is 5.10 Å². The third kappa shape index (κ3) is 3.62. The van der Waals surface area contributed by atoms with Crippen LogP contribution in [-0.4, -0.2) is 26.6 Å². The normalized spacial score (nSPS) is 21.0. The number of nitrogens with zero attached hydrogens (tertiary/aromatic N) is 2. The summed E-state index contributed by atoms with van der Waals surface area (Å²) in [5, 5.41) is 14.9. The van der Waals surface area contributed by atoms with E-state index in [1.54, 1.807) is 0 Å². The van der Waals surface area contributed by atoms with Gasteiger partial charge in [-0.3, -0.25) is 9.48 Å². The van der Waals surface area contributed by atoms with Crippen LogP contribution in [0.2, 0.25) is 0 Å². The van der Waals surface area contributed by atoms with Crippen molar-refractivity contribution in [2.75, 3.05) is 5.75 Å². The maximum Gasteiger partial charge on any atom is 0.313 e. The number of rotatable bonds is 5. The molecule has 5 heteroatoms. The number of carboxylic acid groups (broad SMARTS) is 1. The average molecular weight is 308 g/mol. The van der Waals surface area contributed by atoms with Gasteiger partial charge >= 0.3 is 5.97 Å². The van der Waals surface area contributed by atoms with E-state index in [0.717, 1.165) is 5.03 Å². The molecule has 0 atom stereocenters. The molecule has 0 aromatic carbocycles. The molecule has 0 saturated heterocycles. The second kappa shape index (κ2) is 6.86. The molecule has 0 bridgehead atoms. The van der Waals surface area contributed by atoms with Crippen LogP contribution >= 0.6 is 11.8 Å². The Morgan fingerprint density at radius 1 is 1.19 bits per heavy atom. The number of hydrogen-bond donors (Lipinski definition) is 1. The highest BCUT2D eigenvalue weighted by atomic mass is 32.2. The molecule has 0 spiro atoms. The van der Waals surface area contributed by atoms with E-state index in [0.29, 0.717) is 12.0 Å². The van der Waals surface area contributed by atoms with E-state index in [1.807, 2.05) is 0 Å². The van der Waals surface area contributed by atoms with Crippen LogP contribution in [0.4, 0.5) is 0 Å². The topological polar surface area (TPSA) is 55.1 Å². The molecule has 2 aliphatic rings. The Bertz CT molecular complexity index is 488. The molecule has 0 unspecified atom stereocenters. The molecule has 0 aliphatic heterocycles. The van der Waals surface area contributed by atoms with E-state index in [2.05, 4.69) is 10.7 Å². The smallest absolute Gasteiger partial charge is 0.313 e. The summed E-state index contributed by atoms with van der Waals surface area (Å²) < 4.78 is 2.15. The van der Waals surface area contributed by atoms with Crippen molar-refractivity contribution in [2.45, 2.75) is 74.8 Å². The number of carbonyl (C=O) groups is 1. The second-order valence-corrected chi connectivity index (χ2v) is 7.30. The fourth-order valence-electron chi connectivity index (χ4n) is 3.65. The summed E-state index contributed by atoms with van der Waals surface area (Å²) in [6.45, 7) is 0. The zero-order valence-corrected chi connectivity index (χ0v) is 13.3. The fourth-order valence-corrected chi connectivity index (χ4v) is 4.44. The van der Waals surface area contributed by atoms with Gasteiger partial charge < -0.3 is 5.11 Å². The maximum absolute atomic E-state index is 10.9. The first-order valence-electron chi connectivity index (χ1n) is 8.18. The molecule has 21 heavy (non-hydrogen) atoms. The van der Waals surface area contributed by atoms with E-state index in [9.17, 15) is 4.79 Å². The lowest BCUT2D eigenvalue weighted by molar-refractivity contribution is -0.133. The van der Waals surface area contributed by atoms with Crippen LogP contribution in [0.5, 0.6) is 0 Å². The Kier molecular flexibility index (Phi) is 4.88. The van der Waals surface area contributed by atoms with E-state index in [1.165, 1.54) is 75.2 Å². The minimum atomic E-state index is -0.751. The van der Waals surface area contributed by atoms with Crippen LogP contribution in [0.3, 0.4) is 0 Å². The Balaban J connectivity index is 1.81. The Labute approximate surface area is 130 Å². The third-order valence-electron chi connectivity index (χ3n) is 4.76. The minimum Gasteiger partial charge on any atom is -0.481 e. The van der Waals surface area contributed by atoms with Crippen LogP contribution in [0.25, 0.3) is 0 Å². The van der Waals surface area contributed by atoms with Crippen molar-refractivity contribution in [3.8, 4) is 0 Å². The van der Waals surface area contributed by atoms with Gasteiger partial charge in [-0.1, -0.05) is 43.9 Å². The van der Waals surface area contributed by atoms with E-state index < -0.39 is 5.97 Å². The predicted molar refractivity (Wildman–Crippen MR) is 83.9 cm³/mol. The molecule has 2 saturated carbocycles. The van der Waals surface area contributed by atoms with Crippen molar-refractivity contribution >= 4 is 17.7 Å². The lowest BCUT2D eigenvalue weighted by atomic mass is 9.96. The van der Waals surface area contributed by atoms with Gasteiger partial charge in [0.25, 0.3) is 0 Å². The van der Waals surface area contributed by atoms with E-state index >= 15 is 0 Å². The number of hydrogen-bond acceptors (Lipinski definition) is 3. The highest BCUT2D eigenvalue weighted by Gasteiger charge is 2.25. The van der Waals surface area contributed by atoms with E-state index in [-0.39, 0.29) is 5.75 Å². The lowest BCUT2D eigenvalue weighted by Crippen LogP contribution is -2.16. The van der Waals surface area contributed by atoms with Gasteiger partial charge in [-0.25, -0.2) is 0 Å². The van der Waals surface area contributed by atoms with Crippen LogP contribution in [0.15, 0.2) is 11.1 Å². The summed E-state index contributed by atoms with van der Waals surface area (Å²) in [6, 6.07) is 2.64. The first-order chi connectivity index (χ1) is 10.2. The number of aliphatic carboxylic acids is 1. The Morgan fingerprint density at radius 3 is 2.52 bits per heavy atom. The number of aromatic nitrogens is 2. The molecule has 2 aliphatic carbocycles. The molecular formula is C16H24N2O2S. The largest absolute Gasteiger partial charge is 0.481 e. The Morgan fingerprint density at radius 2 is 1.86 bits per heavy atom. The van der Waals surface area contributed by atoms with Crippen molar-refractivity contribution in [1.29, 1.82) is 0 Å². The molecule has 4 nitrogen and oxygen atoms in total. The third-order valence-corrected chi connectivity index (χ3v) is 5.75. The van der Waals surface area contributed by atoms with Crippen molar-refractivity contribution in [2.24, 2.45) is 0 Å². The van der Waals surface area contributed by atoms with Gasteiger partial charge in [-0.15, -0.1) is 0 Å². The second-order valence-electron chi connectivity index (χ2n) is 6.31. The van der Waals surface area contributed by atoms with Crippen molar-refractivity contribution in [3.63, 3.8) is 0 Å². The number of thioether (sulfide) groups is 1. The molecule has 1 aromatic rings. The van der Waals surface area contributed by atoms with Crippen LogP contribution in [0, 0.1) is 0 Å². The molecule has 1 N–H and O–H groups in total. The molecule has 1 aromatic heterocycles. The van der Waals surface area contributed by atoms with E-state index in [4.69, 9.17) is 10.2 Å². The molecule has 3 rings (SSSR count). The zero-order chi connectivity index (χ0) is 14.7. The predicted octanol–water partition coefficient (Wildman–Crippen LogP) is 4.22. The summed E-state index contributed by atoms with van der Waals surface area (Å²) in [4.78, 5) is 10.9. The standard InChI is InChI=1S/C16H24N2O2S/c19-16(20)11-21-15-10-14(12-6-4-5-7-12)17-18(15)13-8-2-1-3-9-13/h10,12-13H,1-9,11H2,(H,19,20). The monoisotopic (exact) mass is 308 g/mol. The molecule has 0 radical (unpaired) electrons. The van der Waals surface area contributed by atoms with Gasteiger partial charge in [-0.05, 0) is 31.7 Å². The van der Waals surface area contributed by atoms with Gasteiger partial charge in [0, 0.05) is 5.92 Å². The summed E-state index contributed by atoms with van der Waals surface area (Å²) in [6.07, 6.45) is 11.3. The lowest BCUT2D eigenvalue weighted by Gasteiger charge is -2.23. The van der Waals surface area contributed by atoms with Gasteiger partial charge in [0.1, 0.15) is 0 Å². The molecule has 2 fully saturated rings. The molecule has 1 heterocycles. The highest BCUT2D eigenvalue weighted by molar-refractivity contribution is 7.99. The first kappa shape index (κ1) is 14.9. The van der Waals surface area contributed by atoms with Crippen molar-refractivity contribution in [1.82, 2.24) is 9.78 Å². The molecule has 0 amide bonds. The molecule has 116 valence electrons. The zero-order valence-electron chi connectivity index (χ0n) is 12.5. The summed E-state index contributed by atoms with van der Waals surface area (Å²) >= 11 is 1.43. The summed E-state index contributed by atoms with van der Waals surface area (Å²) in [5.74, 6) is -0.0273. The van der Waals surface area contributed by atoms with Crippen molar-refractivity contribution < 1.29 is 9.90 Å². The maximum atomic E-state index is 10.9. The van der Waals surface area contributed by atoms with Gasteiger partial charge in [0.2, 0.25) is 0 Å². The quantitative estimate of drug-likeness (QED) is 0.827. The average Bonchev–Trinajstić information content (AvgIpc) is 3.15. The fraction of sp³-hybridized carbons (Fsp3) is 0.750. The van der Waals surface area contributed by atoms with Gasteiger partial charge in [0.05, 0.1) is 22.5 Å². The number of carboxylic acids is 1.